The predicted octanol–water partition coefficient (Wildman–Crippen LogP) is 2.56. The molecule has 1 saturated heterocycles. The molecule has 1 N–H and O–H groups in total. The fraction of sp³-hybridized carbons (Fsp3) is 0.286. The molecule has 1 aliphatic rings. The van der Waals surface area contributed by atoms with Crippen LogP contribution in [0.4, 0.5) is 5.82 Å². The molecule has 30 heavy (non-hydrogen) atoms. The van der Waals surface area contributed by atoms with Crippen LogP contribution in [-0.2, 0) is 4.74 Å². The van der Waals surface area contributed by atoms with Gasteiger partial charge in [-0.05, 0) is 12.1 Å². The molecule has 150 valence electrons. The lowest BCUT2D eigenvalue weighted by atomic mass is 10.0. The number of nitrogens with one attached hydrogen (secondary N) is 1. The number of pyridine rings is 1. The molecule has 4 aromatic heterocycles. The zero-order valence-electron chi connectivity index (χ0n) is 16.3. The topological polar surface area (TPSA) is 109 Å². The van der Waals surface area contributed by atoms with Crippen molar-refractivity contribution in [3.05, 3.63) is 54.9 Å². The Labute approximate surface area is 173 Å². The fourth-order valence-electron chi connectivity index (χ4n) is 3.87. The number of ether oxygens (including phenoxy) is 1. The number of hydrogen-bond donors (Lipinski definition) is 1. The highest BCUT2D eigenvalue weighted by molar-refractivity contribution is 5.90. The standard InChI is InChI=1S/C21H20N8O/c22-5-3-18(16-2-1-6-24-21(16)28-8-10-30-11-9-28)29-13-15(12-27-29)19-17-4-7-23-20(17)26-14-25-19/h1-2,4,6-7,12-14,18H,3,8-11H2,(H,23,25,26). The van der Waals surface area contributed by atoms with Crippen molar-refractivity contribution in [3.63, 3.8) is 0 Å². The highest BCUT2D eigenvalue weighted by Crippen LogP contribution is 2.31. The van der Waals surface area contributed by atoms with Crippen molar-refractivity contribution in [3.8, 4) is 17.3 Å². The number of morpholine rings is 1. The van der Waals surface area contributed by atoms with Gasteiger partial charge in [0.15, 0.2) is 0 Å². The predicted molar refractivity (Wildman–Crippen MR) is 111 cm³/mol. The highest BCUT2D eigenvalue weighted by atomic mass is 16.5. The zero-order chi connectivity index (χ0) is 20.3. The Kier molecular flexibility index (Phi) is 4.83. The number of anilines is 1. The van der Waals surface area contributed by atoms with E-state index in [-0.39, 0.29) is 12.5 Å². The van der Waals surface area contributed by atoms with Crippen LogP contribution in [0.25, 0.3) is 22.3 Å². The average Bonchev–Trinajstić information content (AvgIpc) is 3.48. The third kappa shape index (κ3) is 3.27. The zero-order valence-corrected chi connectivity index (χ0v) is 16.3. The first-order chi connectivity index (χ1) is 14.8. The number of nitrogens with zero attached hydrogens (tertiary/aromatic N) is 7. The number of aromatic amines is 1. The van der Waals surface area contributed by atoms with Gasteiger partial charge in [0, 0.05) is 48.2 Å². The smallest absolute Gasteiger partial charge is 0.141 e. The van der Waals surface area contributed by atoms with Crippen molar-refractivity contribution in [2.75, 3.05) is 31.2 Å². The summed E-state index contributed by atoms with van der Waals surface area (Å²) in [5, 5.41) is 15.1. The summed E-state index contributed by atoms with van der Waals surface area (Å²) in [7, 11) is 0. The van der Waals surface area contributed by atoms with Crippen LogP contribution >= 0.6 is 0 Å². The molecule has 5 rings (SSSR count). The molecule has 9 heteroatoms. The molecule has 0 saturated carbocycles. The van der Waals surface area contributed by atoms with Crippen LogP contribution in [0.5, 0.6) is 0 Å². The molecular weight excluding hydrogens is 380 g/mol. The van der Waals surface area contributed by atoms with E-state index in [2.05, 4.69) is 36.0 Å². The number of H-pyrrole nitrogens is 1. The summed E-state index contributed by atoms with van der Waals surface area (Å²) in [6, 6.07) is 7.94. The Morgan fingerprint density at radius 1 is 1.20 bits per heavy atom. The molecule has 4 aromatic rings. The van der Waals surface area contributed by atoms with Gasteiger partial charge in [-0.3, -0.25) is 4.68 Å². The lowest BCUT2D eigenvalue weighted by Crippen LogP contribution is -2.37. The first-order valence-corrected chi connectivity index (χ1v) is 9.82. The molecule has 0 aliphatic carbocycles. The largest absolute Gasteiger partial charge is 0.378 e. The second-order valence-corrected chi connectivity index (χ2v) is 7.06. The number of hydrogen-bond acceptors (Lipinski definition) is 7. The van der Waals surface area contributed by atoms with Crippen LogP contribution in [0.3, 0.4) is 0 Å². The maximum Gasteiger partial charge on any atom is 0.141 e. The van der Waals surface area contributed by atoms with E-state index in [9.17, 15) is 5.26 Å². The Morgan fingerprint density at radius 3 is 2.97 bits per heavy atom. The molecule has 0 aromatic carbocycles. The second-order valence-electron chi connectivity index (χ2n) is 7.06. The molecule has 1 unspecified atom stereocenters. The molecule has 1 atom stereocenters. The molecule has 0 bridgehead atoms. The lowest BCUT2D eigenvalue weighted by Gasteiger charge is -2.31. The monoisotopic (exact) mass is 400 g/mol. The van der Waals surface area contributed by atoms with Gasteiger partial charge < -0.3 is 14.6 Å². The van der Waals surface area contributed by atoms with Crippen molar-refractivity contribution in [2.24, 2.45) is 0 Å². The van der Waals surface area contributed by atoms with E-state index in [1.807, 2.05) is 35.3 Å². The normalized spacial score (nSPS) is 15.2. The molecule has 1 aliphatic heterocycles. The van der Waals surface area contributed by atoms with E-state index in [1.54, 1.807) is 12.4 Å². The van der Waals surface area contributed by atoms with E-state index < -0.39 is 0 Å². The Hall–Kier alpha value is -3.77. The van der Waals surface area contributed by atoms with Crippen molar-refractivity contribution in [1.29, 1.82) is 5.26 Å². The summed E-state index contributed by atoms with van der Waals surface area (Å²) in [5.41, 5.74) is 3.44. The number of rotatable bonds is 5. The molecule has 1 fully saturated rings. The first-order valence-electron chi connectivity index (χ1n) is 9.82. The minimum atomic E-state index is -0.251. The Morgan fingerprint density at radius 2 is 2.10 bits per heavy atom. The van der Waals surface area contributed by atoms with E-state index in [0.717, 1.165) is 46.8 Å². The maximum atomic E-state index is 9.53. The summed E-state index contributed by atoms with van der Waals surface area (Å²) < 4.78 is 7.31. The number of nitriles is 1. The third-order valence-corrected chi connectivity index (χ3v) is 5.32. The van der Waals surface area contributed by atoms with E-state index in [0.29, 0.717) is 13.2 Å². The SMILES string of the molecule is N#CCC(c1cccnc1N1CCOCC1)n1cc(-c2ncnc3[nH]ccc23)cn1. The van der Waals surface area contributed by atoms with Gasteiger partial charge in [0.05, 0.1) is 43.6 Å². The van der Waals surface area contributed by atoms with Crippen molar-refractivity contribution < 1.29 is 4.74 Å². The minimum Gasteiger partial charge on any atom is -0.378 e. The second kappa shape index (κ2) is 7.93. The summed E-state index contributed by atoms with van der Waals surface area (Å²) in [4.78, 5) is 18.6. The maximum absolute atomic E-state index is 9.53. The molecule has 0 amide bonds. The van der Waals surface area contributed by atoms with Crippen molar-refractivity contribution in [2.45, 2.75) is 12.5 Å². The van der Waals surface area contributed by atoms with Crippen LogP contribution < -0.4 is 4.90 Å². The van der Waals surface area contributed by atoms with E-state index in [4.69, 9.17) is 4.74 Å². The average molecular weight is 400 g/mol. The van der Waals surface area contributed by atoms with Crippen LogP contribution in [0.2, 0.25) is 0 Å². The van der Waals surface area contributed by atoms with Gasteiger partial charge in [-0.15, -0.1) is 0 Å². The quantitative estimate of drug-likeness (QED) is 0.548. The van der Waals surface area contributed by atoms with Crippen LogP contribution in [0.1, 0.15) is 18.0 Å². The fourth-order valence-corrected chi connectivity index (χ4v) is 3.87. The van der Waals surface area contributed by atoms with Gasteiger partial charge in [-0.25, -0.2) is 15.0 Å². The lowest BCUT2D eigenvalue weighted by molar-refractivity contribution is 0.122. The van der Waals surface area contributed by atoms with Gasteiger partial charge >= 0.3 is 0 Å². The van der Waals surface area contributed by atoms with Gasteiger partial charge in [-0.2, -0.15) is 10.4 Å². The number of fused-ring (bicyclic) bond motifs is 1. The van der Waals surface area contributed by atoms with Crippen molar-refractivity contribution >= 4 is 16.9 Å². The molecule has 5 heterocycles. The molecule has 0 spiro atoms. The Balaban J connectivity index is 1.54. The van der Waals surface area contributed by atoms with Gasteiger partial charge in [0.2, 0.25) is 0 Å². The van der Waals surface area contributed by atoms with Crippen LogP contribution in [-0.4, -0.2) is 56.0 Å². The van der Waals surface area contributed by atoms with Crippen LogP contribution in [0, 0.1) is 11.3 Å². The highest BCUT2D eigenvalue weighted by Gasteiger charge is 2.24. The number of aromatic nitrogens is 6. The van der Waals surface area contributed by atoms with Crippen LogP contribution in [0.15, 0.2) is 49.3 Å². The third-order valence-electron chi connectivity index (χ3n) is 5.32. The van der Waals surface area contributed by atoms with Gasteiger partial charge in [-0.1, -0.05) is 6.07 Å². The van der Waals surface area contributed by atoms with Gasteiger partial charge in [0.1, 0.15) is 17.8 Å². The summed E-state index contributed by atoms with van der Waals surface area (Å²) >= 11 is 0. The summed E-state index contributed by atoms with van der Waals surface area (Å²) in [6.07, 6.45) is 9.17. The Bertz CT molecular complexity index is 1200. The summed E-state index contributed by atoms with van der Waals surface area (Å²) in [5.74, 6) is 0.883. The molecule has 9 nitrogen and oxygen atoms in total. The van der Waals surface area contributed by atoms with Crippen molar-refractivity contribution in [1.82, 2.24) is 29.7 Å². The summed E-state index contributed by atoms with van der Waals surface area (Å²) in [6.45, 7) is 2.90. The molecular formula is C21H20N8O. The minimum absolute atomic E-state index is 0.251. The molecule has 0 radical (unpaired) electrons. The van der Waals surface area contributed by atoms with E-state index >= 15 is 0 Å². The van der Waals surface area contributed by atoms with Gasteiger partial charge in [0.25, 0.3) is 0 Å². The van der Waals surface area contributed by atoms with E-state index in [1.165, 1.54) is 6.33 Å². The first kappa shape index (κ1) is 18.3.